The maximum atomic E-state index is 12.4. The van der Waals surface area contributed by atoms with Crippen molar-refractivity contribution >= 4 is 17.1 Å². The molecule has 1 aromatic heterocycles. The summed E-state index contributed by atoms with van der Waals surface area (Å²) in [5, 5.41) is 0. The van der Waals surface area contributed by atoms with Crippen LogP contribution in [0.1, 0.15) is 12.0 Å². The number of rotatable bonds is 1. The first-order valence-corrected chi connectivity index (χ1v) is 3.61. The minimum absolute atomic E-state index is 0.0944. The third-order valence-electron chi connectivity index (χ3n) is 1.70. The van der Waals surface area contributed by atoms with Crippen molar-refractivity contribution < 1.29 is 13.2 Å². The first-order valence-electron chi connectivity index (χ1n) is 3.61. The summed E-state index contributed by atoms with van der Waals surface area (Å²) in [6, 6.07) is 4.23. The molecule has 0 saturated carbocycles. The smallest absolute Gasteiger partial charge is 0.292 e. The zero-order chi connectivity index (χ0) is 9.42. The summed E-state index contributed by atoms with van der Waals surface area (Å²) >= 11 is 0. The van der Waals surface area contributed by atoms with E-state index in [2.05, 4.69) is 4.98 Å². The predicted octanol–water partition coefficient (Wildman–Crippen LogP) is 2.35. The van der Waals surface area contributed by atoms with Gasteiger partial charge in [-0.05, 0) is 6.07 Å². The second kappa shape index (κ2) is 2.69. The molecule has 5 heteroatoms. The van der Waals surface area contributed by atoms with Gasteiger partial charge in [-0.15, -0.1) is 0 Å². The van der Waals surface area contributed by atoms with Gasteiger partial charge in [0, 0.05) is 5.56 Å². The largest absolute Gasteiger partial charge is 0.424 e. The van der Waals surface area contributed by atoms with Crippen LogP contribution in [0.2, 0.25) is 0 Å². The number of aromatic nitrogens is 1. The van der Waals surface area contributed by atoms with Gasteiger partial charge in [0.15, 0.2) is 5.58 Å². The van der Waals surface area contributed by atoms with E-state index in [-0.39, 0.29) is 22.7 Å². The summed E-state index contributed by atoms with van der Waals surface area (Å²) in [6.45, 7) is 0. The van der Waals surface area contributed by atoms with Gasteiger partial charge in [-0.3, -0.25) is 0 Å². The van der Waals surface area contributed by atoms with E-state index in [4.69, 9.17) is 10.2 Å². The van der Waals surface area contributed by atoms with Crippen LogP contribution in [-0.2, 0) is 0 Å². The summed E-state index contributed by atoms with van der Waals surface area (Å²) in [7, 11) is 0. The number of nitrogens with zero attached hydrogens (tertiary/aromatic N) is 1. The maximum Gasteiger partial charge on any atom is 0.292 e. The summed E-state index contributed by atoms with van der Waals surface area (Å²) in [5.41, 5.74) is 5.50. The third kappa shape index (κ3) is 1.22. The molecule has 0 aliphatic heterocycles. The molecule has 1 heterocycles. The summed E-state index contributed by atoms with van der Waals surface area (Å²) in [5.74, 6) is 0. The highest BCUT2D eigenvalue weighted by Gasteiger charge is 2.14. The van der Waals surface area contributed by atoms with E-state index in [1.807, 2.05) is 0 Å². The minimum Gasteiger partial charge on any atom is -0.424 e. The van der Waals surface area contributed by atoms with E-state index in [0.717, 1.165) is 0 Å². The second-order valence-electron chi connectivity index (χ2n) is 2.55. The molecular weight excluding hydrogens is 178 g/mol. The first kappa shape index (κ1) is 7.97. The lowest BCUT2D eigenvalue weighted by Gasteiger charge is -1.97. The number of hydrogen-bond acceptors (Lipinski definition) is 3. The van der Waals surface area contributed by atoms with Crippen LogP contribution in [0.3, 0.4) is 0 Å². The van der Waals surface area contributed by atoms with E-state index < -0.39 is 6.43 Å². The molecule has 0 amide bonds. The molecule has 68 valence electrons. The third-order valence-corrected chi connectivity index (χ3v) is 1.70. The number of para-hydroxylation sites is 1. The number of halogens is 2. The van der Waals surface area contributed by atoms with Crippen LogP contribution < -0.4 is 5.73 Å². The van der Waals surface area contributed by atoms with Gasteiger partial charge in [0.2, 0.25) is 0 Å². The molecule has 3 nitrogen and oxygen atoms in total. The first-order chi connectivity index (χ1) is 6.18. The van der Waals surface area contributed by atoms with E-state index in [9.17, 15) is 8.78 Å². The van der Waals surface area contributed by atoms with Crippen LogP contribution in [-0.4, -0.2) is 4.98 Å². The van der Waals surface area contributed by atoms with Crippen molar-refractivity contribution in [1.82, 2.24) is 4.98 Å². The maximum absolute atomic E-state index is 12.4. The van der Waals surface area contributed by atoms with E-state index >= 15 is 0 Å². The van der Waals surface area contributed by atoms with Crippen molar-refractivity contribution in [2.45, 2.75) is 6.43 Å². The Balaban J connectivity index is 2.75. The standard InChI is InChI=1S/C8H6F2N2O/c9-7(10)4-2-1-3-5-6(4)12-8(11)13-5/h1-3,7H,(H2,11,12). The van der Waals surface area contributed by atoms with Gasteiger partial charge in [-0.2, -0.15) is 4.98 Å². The molecule has 13 heavy (non-hydrogen) atoms. The second-order valence-corrected chi connectivity index (χ2v) is 2.55. The van der Waals surface area contributed by atoms with Crippen LogP contribution in [0.25, 0.3) is 11.1 Å². The summed E-state index contributed by atoms with van der Waals surface area (Å²) in [4.78, 5) is 3.67. The SMILES string of the molecule is Nc1nc2c(C(F)F)cccc2o1. The normalized spacial score (nSPS) is 11.3. The van der Waals surface area contributed by atoms with Gasteiger partial charge in [0.25, 0.3) is 12.4 Å². The van der Waals surface area contributed by atoms with Crippen molar-refractivity contribution in [2.24, 2.45) is 0 Å². The Morgan fingerprint density at radius 1 is 1.38 bits per heavy atom. The van der Waals surface area contributed by atoms with E-state index in [0.29, 0.717) is 0 Å². The number of hydrogen-bond donors (Lipinski definition) is 1. The van der Waals surface area contributed by atoms with Crippen molar-refractivity contribution in [3.8, 4) is 0 Å². The van der Waals surface area contributed by atoms with Crippen molar-refractivity contribution in [1.29, 1.82) is 0 Å². The number of fused-ring (bicyclic) bond motifs is 1. The fraction of sp³-hybridized carbons (Fsp3) is 0.125. The number of oxazole rings is 1. The Kier molecular flexibility index (Phi) is 1.65. The highest BCUT2D eigenvalue weighted by molar-refractivity contribution is 5.78. The number of nitrogen functional groups attached to an aromatic ring is 1. The van der Waals surface area contributed by atoms with Gasteiger partial charge in [-0.25, -0.2) is 8.78 Å². The number of alkyl halides is 2. The molecule has 0 bridgehead atoms. The molecule has 2 aromatic rings. The molecule has 0 aliphatic rings. The fourth-order valence-electron chi connectivity index (χ4n) is 1.16. The molecule has 0 fully saturated rings. The molecule has 0 spiro atoms. The highest BCUT2D eigenvalue weighted by Crippen LogP contribution is 2.27. The molecule has 0 atom stereocenters. The highest BCUT2D eigenvalue weighted by atomic mass is 19.3. The van der Waals surface area contributed by atoms with Crippen LogP contribution in [0.15, 0.2) is 22.6 Å². The molecule has 0 saturated heterocycles. The van der Waals surface area contributed by atoms with Crippen LogP contribution in [0, 0.1) is 0 Å². The Morgan fingerprint density at radius 2 is 2.15 bits per heavy atom. The van der Waals surface area contributed by atoms with Gasteiger partial charge < -0.3 is 10.2 Å². The van der Waals surface area contributed by atoms with Gasteiger partial charge >= 0.3 is 0 Å². The van der Waals surface area contributed by atoms with E-state index in [1.165, 1.54) is 12.1 Å². The lowest BCUT2D eigenvalue weighted by Crippen LogP contribution is -1.86. The molecule has 2 N–H and O–H groups in total. The molecule has 0 unspecified atom stereocenters. The molecule has 1 aromatic carbocycles. The average molecular weight is 184 g/mol. The molecule has 0 aliphatic carbocycles. The van der Waals surface area contributed by atoms with E-state index in [1.54, 1.807) is 6.07 Å². The Labute approximate surface area is 72.2 Å². The van der Waals surface area contributed by atoms with Crippen molar-refractivity contribution in [3.63, 3.8) is 0 Å². The summed E-state index contributed by atoms with van der Waals surface area (Å²) < 4.78 is 29.7. The Bertz CT molecular complexity index is 439. The quantitative estimate of drug-likeness (QED) is 0.740. The minimum atomic E-state index is -2.56. The topological polar surface area (TPSA) is 52.0 Å². The van der Waals surface area contributed by atoms with Gasteiger partial charge in [0.1, 0.15) is 5.52 Å². The van der Waals surface area contributed by atoms with Gasteiger partial charge in [0.05, 0.1) is 0 Å². The summed E-state index contributed by atoms with van der Waals surface area (Å²) in [6.07, 6.45) is -2.56. The number of benzene rings is 1. The average Bonchev–Trinajstić information content (AvgIpc) is 2.43. The van der Waals surface area contributed by atoms with Crippen LogP contribution >= 0.6 is 0 Å². The zero-order valence-electron chi connectivity index (χ0n) is 6.50. The lowest BCUT2D eigenvalue weighted by atomic mass is 10.2. The van der Waals surface area contributed by atoms with Gasteiger partial charge in [-0.1, -0.05) is 12.1 Å². The monoisotopic (exact) mass is 184 g/mol. The number of anilines is 1. The number of nitrogens with two attached hydrogens (primary N) is 1. The molecular formula is C8H6F2N2O. The zero-order valence-corrected chi connectivity index (χ0v) is 6.50. The molecule has 0 radical (unpaired) electrons. The van der Waals surface area contributed by atoms with Crippen molar-refractivity contribution in [3.05, 3.63) is 23.8 Å². The molecule has 2 rings (SSSR count). The van der Waals surface area contributed by atoms with Crippen molar-refractivity contribution in [2.75, 3.05) is 5.73 Å². The lowest BCUT2D eigenvalue weighted by molar-refractivity contribution is 0.153. The van der Waals surface area contributed by atoms with Crippen LogP contribution in [0.4, 0.5) is 14.8 Å². The Morgan fingerprint density at radius 3 is 2.85 bits per heavy atom. The van der Waals surface area contributed by atoms with Crippen LogP contribution in [0.5, 0.6) is 0 Å². The Hall–Kier alpha value is -1.65. The fourth-order valence-corrected chi connectivity index (χ4v) is 1.16. The predicted molar refractivity (Wildman–Crippen MR) is 43.4 cm³/mol.